The number of anilines is 1. The lowest BCUT2D eigenvalue weighted by molar-refractivity contribution is -0.120. The van der Waals surface area contributed by atoms with Gasteiger partial charge in [-0.3, -0.25) is 9.59 Å². The maximum absolute atomic E-state index is 12.2. The first-order valence-electron chi connectivity index (χ1n) is 8.10. The van der Waals surface area contributed by atoms with Crippen molar-refractivity contribution < 1.29 is 14.3 Å². The van der Waals surface area contributed by atoms with Gasteiger partial charge >= 0.3 is 0 Å². The van der Waals surface area contributed by atoms with Crippen LogP contribution >= 0.6 is 11.6 Å². The van der Waals surface area contributed by atoms with Crippen LogP contribution in [-0.2, 0) is 11.4 Å². The monoisotopic (exact) mass is 388 g/mol. The van der Waals surface area contributed by atoms with Crippen LogP contribution in [0.3, 0.4) is 0 Å². The van der Waals surface area contributed by atoms with E-state index < -0.39 is 0 Å². The number of aromatic nitrogens is 4. The molecule has 0 atom stereocenters. The van der Waals surface area contributed by atoms with Crippen molar-refractivity contribution >= 4 is 40.3 Å². The zero-order valence-electron chi connectivity index (χ0n) is 14.5. The first-order chi connectivity index (χ1) is 13.0. The number of pyridine rings is 1. The summed E-state index contributed by atoms with van der Waals surface area (Å²) in [7, 11) is 1.53. The summed E-state index contributed by atoms with van der Waals surface area (Å²) in [6, 6.07) is 6.48. The molecule has 0 fully saturated rings. The molecule has 1 amide bonds. The molecule has 140 valence electrons. The fraction of sp³-hybridized carbons (Fsp3) is 0.235. The number of fused-ring (bicyclic) bond motifs is 1. The Morgan fingerprint density at radius 1 is 1.26 bits per heavy atom. The van der Waals surface area contributed by atoms with Gasteiger partial charge in [-0.25, -0.2) is 4.98 Å². The van der Waals surface area contributed by atoms with Crippen molar-refractivity contribution in [2.24, 2.45) is 0 Å². The third kappa shape index (κ3) is 4.32. The van der Waals surface area contributed by atoms with Gasteiger partial charge in [0.15, 0.2) is 17.0 Å². The number of nitrogen functional groups attached to an aromatic ring is 1. The summed E-state index contributed by atoms with van der Waals surface area (Å²) >= 11 is 6.28. The summed E-state index contributed by atoms with van der Waals surface area (Å²) in [5.74, 6) is 0.344. The van der Waals surface area contributed by atoms with Gasteiger partial charge in [-0.05, 0) is 6.07 Å². The third-order valence-corrected chi connectivity index (χ3v) is 4.24. The van der Waals surface area contributed by atoms with Crippen LogP contribution in [0.15, 0.2) is 24.3 Å². The number of aromatic amines is 1. The van der Waals surface area contributed by atoms with E-state index in [-0.39, 0.29) is 37.0 Å². The molecular formula is C17H17ClN6O3. The summed E-state index contributed by atoms with van der Waals surface area (Å²) in [5.41, 5.74) is 7.68. The fourth-order valence-corrected chi connectivity index (χ4v) is 2.66. The average molecular weight is 389 g/mol. The average Bonchev–Trinajstić information content (AvgIpc) is 3.12. The Morgan fingerprint density at radius 3 is 2.81 bits per heavy atom. The molecule has 0 spiro atoms. The predicted octanol–water partition coefficient (Wildman–Crippen LogP) is 1.88. The van der Waals surface area contributed by atoms with Crippen molar-refractivity contribution in [3.63, 3.8) is 0 Å². The predicted molar refractivity (Wildman–Crippen MR) is 99.5 cm³/mol. The highest BCUT2D eigenvalue weighted by molar-refractivity contribution is 6.31. The maximum atomic E-state index is 12.2. The number of benzene rings is 1. The molecule has 9 nitrogen and oxygen atoms in total. The van der Waals surface area contributed by atoms with Crippen LogP contribution in [0.1, 0.15) is 28.8 Å². The molecule has 1 aromatic carbocycles. The molecule has 0 aliphatic heterocycles. The maximum Gasteiger partial charge on any atom is 0.220 e. The number of nitrogens with zero attached hydrogens (tertiary/aromatic N) is 3. The van der Waals surface area contributed by atoms with E-state index in [1.165, 1.54) is 7.05 Å². The molecule has 0 bridgehead atoms. The molecule has 10 heteroatoms. The normalized spacial score (nSPS) is 10.7. The molecule has 0 unspecified atom stereocenters. The van der Waals surface area contributed by atoms with Gasteiger partial charge in [-0.2, -0.15) is 10.3 Å². The fourth-order valence-electron chi connectivity index (χ4n) is 2.43. The number of Topliss-reactive ketones (excluding diaryl/α,β-unsaturated/α-hetero) is 1. The van der Waals surface area contributed by atoms with Gasteiger partial charge in [0.1, 0.15) is 12.4 Å². The summed E-state index contributed by atoms with van der Waals surface area (Å²) < 4.78 is 5.75. The van der Waals surface area contributed by atoms with Crippen molar-refractivity contribution in [1.29, 1.82) is 0 Å². The lowest BCUT2D eigenvalue weighted by Gasteiger charge is -2.10. The Morgan fingerprint density at radius 2 is 2.07 bits per heavy atom. The molecule has 0 aliphatic rings. The molecule has 0 saturated heterocycles. The number of ketones is 1. The SMILES string of the molecule is CNC(=O)CCC(=O)c1ccc(COc2cc(N)nc3n[nH]nc23)c(Cl)c1. The summed E-state index contributed by atoms with van der Waals surface area (Å²) in [5, 5.41) is 13.2. The van der Waals surface area contributed by atoms with E-state index in [4.69, 9.17) is 22.1 Å². The standard InChI is InChI=1S/C17H17ClN6O3/c1-20-15(26)5-4-12(25)9-2-3-10(11(18)6-9)8-27-13-7-14(19)21-17-16(13)22-24-23-17/h2-3,6-7H,4-5,8H2,1H3,(H,20,26)(H3,19,21,22,23,24). The smallest absolute Gasteiger partial charge is 0.220 e. The Kier molecular flexibility index (Phi) is 5.51. The number of carbonyl (C=O) groups is 2. The van der Waals surface area contributed by atoms with E-state index in [1.807, 2.05) is 0 Å². The van der Waals surface area contributed by atoms with E-state index in [1.54, 1.807) is 24.3 Å². The Labute approximate surface area is 159 Å². The Hall–Kier alpha value is -3.20. The summed E-state index contributed by atoms with van der Waals surface area (Å²) in [6.45, 7) is 0.150. The number of rotatable bonds is 7. The van der Waals surface area contributed by atoms with Crippen molar-refractivity contribution in [2.75, 3.05) is 12.8 Å². The quantitative estimate of drug-likeness (QED) is 0.525. The zero-order chi connectivity index (χ0) is 19.4. The Balaban J connectivity index is 1.70. The van der Waals surface area contributed by atoms with Gasteiger partial charge < -0.3 is 15.8 Å². The van der Waals surface area contributed by atoms with Crippen LogP contribution in [0.2, 0.25) is 5.02 Å². The number of nitrogens with two attached hydrogens (primary N) is 1. The molecule has 2 aromatic heterocycles. The molecule has 27 heavy (non-hydrogen) atoms. The lowest BCUT2D eigenvalue weighted by Crippen LogP contribution is -2.18. The van der Waals surface area contributed by atoms with E-state index >= 15 is 0 Å². The molecule has 0 radical (unpaired) electrons. The number of nitrogens with one attached hydrogen (secondary N) is 2. The van der Waals surface area contributed by atoms with Crippen LogP contribution < -0.4 is 15.8 Å². The van der Waals surface area contributed by atoms with Gasteiger partial charge in [-0.1, -0.05) is 23.7 Å². The highest BCUT2D eigenvalue weighted by Gasteiger charge is 2.13. The number of amides is 1. The molecular weight excluding hydrogens is 372 g/mol. The van der Waals surface area contributed by atoms with E-state index in [9.17, 15) is 9.59 Å². The van der Waals surface area contributed by atoms with Gasteiger partial charge in [0.05, 0.1) is 0 Å². The minimum atomic E-state index is -0.185. The van der Waals surface area contributed by atoms with Crippen LogP contribution in [0.4, 0.5) is 5.82 Å². The number of hydrogen-bond acceptors (Lipinski definition) is 7. The highest BCUT2D eigenvalue weighted by Crippen LogP contribution is 2.26. The molecule has 3 rings (SSSR count). The number of carbonyl (C=O) groups excluding carboxylic acids is 2. The topological polar surface area (TPSA) is 136 Å². The number of halogens is 1. The summed E-state index contributed by atoms with van der Waals surface area (Å²) in [4.78, 5) is 27.4. The third-order valence-electron chi connectivity index (χ3n) is 3.89. The van der Waals surface area contributed by atoms with Crippen LogP contribution in [-0.4, -0.2) is 39.1 Å². The van der Waals surface area contributed by atoms with Crippen LogP contribution in [0.25, 0.3) is 11.2 Å². The lowest BCUT2D eigenvalue weighted by atomic mass is 10.0. The molecule has 0 saturated carbocycles. The number of ether oxygens (including phenoxy) is 1. The Bertz CT molecular complexity index is 1000. The summed E-state index contributed by atoms with van der Waals surface area (Å²) in [6.07, 6.45) is 0.251. The van der Waals surface area contributed by atoms with E-state index in [0.717, 1.165) is 0 Å². The van der Waals surface area contributed by atoms with Crippen molar-refractivity contribution in [1.82, 2.24) is 25.7 Å². The van der Waals surface area contributed by atoms with Crippen molar-refractivity contribution in [3.8, 4) is 5.75 Å². The first kappa shape index (κ1) is 18.6. The van der Waals surface area contributed by atoms with E-state index in [2.05, 4.69) is 25.7 Å². The van der Waals surface area contributed by atoms with Crippen molar-refractivity contribution in [2.45, 2.75) is 19.4 Å². The second-order valence-corrected chi connectivity index (χ2v) is 6.14. The zero-order valence-corrected chi connectivity index (χ0v) is 15.2. The second-order valence-electron chi connectivity index (χ2n) is 5.73. The first-order valence-corrected chi connectivity index (χ1v) is 8.47. The molecule has 2 heterocycles. The number of H-pyrrole nitrogens is 1. The minimum Gasteiger partial charge on any atom is -0.486 e. The van der Waals surface area contributed by atoms with Gasteiger partial charge in [0.25, 0.3) is 0 Å². The second kappa shape index (κ2) is 8.00. The molecule has 4 N–H and O–H groups in total. The van der Waals surface area contributed by atoms with Crippen LogP contribution in [0, 0.1) is 0 Å². The van der Waals surface area contributed by atoms with E-state index in [0.29, 0.717) is 33.1 Å². The largest absolute Gasteiger partial charge is 0.486 e. The van der Waals surface area contributed by atoms with Gasteiger partial charge in [0, 0.05) is 42.1 Å². The number of hydrogen-bond donors (Lipinski definition) is 3. The molecule has 0 aliphatic carbocycles. The minimum absolute atomic E-state index is 0.117. The van der Waals surface area contributed by atoms with Gasteiger partial charge in [-0.15, -0.1) is 5.10 Å². The molecule has 3 aromatic rings. The van der Waals surface area contributed by atoms with Crippen LogP contribution in [0.5, 0.6) is 5.75 Å². The van der Waals surface area contributed by atoms with Crippen molar-refractivity contribution in [3.05, 3.63) is 40.4 Å². The highest BCUT2D eigenvalue weighted by atomic mass is 35.5. The van der Waals surface area contributed by atoms with Gasteiger partial charge in [0.2, 0.25) is 11.6 Å².